The third-order valence-electron chi connectivity index (χ3n) is 9.85. The Hall–Kier alpha value is -7.77. The van der Waals surface area contributed by atoms with E-state index in [-0.39, 0.29) is 0 Å². The molecule has 0 N–H and O–H groups in total. The minimum Gasteiger partial charge on any atom is -0.255 e. The minimum absolute atomic E-state index is 0.602. The summed E-state index contributed by atoms with van der Waals surface area (Å²) in [6, 6.07) is 59.5. The van der Waals surface area contributed by atoms with Crippen molar-refractivity contribution < 1.29 is 0 Å². The predicted octanol–water partition coefficient (Wildman–Crippen LogP) is 11.4. The van der Waals surface area contributed by atoms with Crippen molar-refractivity contribution in [3.8, 4) is 79.2 Å². The maximum absolute atomic E-state index is 5.09. The second-order valence-corrected chi connectivity index (χ2v) is 13.4. The Balaban J connectivity index is 0.996. The van der Waals surface area contributed by atoms with Gasteiger partial charge in [0.05, 0.1) is 22.4 Å². The highest BCUT2D eigenvalue weighted by Crippen LogP contribution is 2.33. The summed E-state index contributed by atoms with van der Waals surface area (Å²) in [6.45, 7) is 0. The maximum Gasteiger partial charge on any atom is 0.164 e. The molecule has 7 heteroatoms. The molecule has 0 saturated carbocycles. The van der Waals surface area contributed by atoms with Gasteiger partial charge < -0.3 is 0 Å². The quantitative estimate of drug-likeness (QED) is 0.162. The maximum atomic E-state index is 5.09. The molecule has 0 amide bonds. The standard InChI is InChI=1S/C49H31N7/c1-2-11-35(12-3-1)47-54-48(36-21-16-33(17-22-36)39-25-20-32-10-4-5-13-38(32)30-39)56-49(55-47)37-23-18-34(19-24-37)40-26-27-41-44(31-40)53-46(43-15-7-9-29-51-43)45(52-41)42-14-6-8-28-50-42/h1-31H. The Morgan fingerprint density at radius 2 is 0.714 bits per heavy atom. The fraction of sp³-hybridized carbons (Fsp3) is 0. The molecule has 0 aliphatic rings. The Kier molecular flexibility index (Phi) is 8.35. The molecule has 0 spiro atoms. The molecule has 0 bridgehead atoms. The van der Waals surface area contributed by atoms with Crippen molar-refractivity contribution in [3.63, 3.8) is 0 Å². The first-order valence-electron chi connectivity index (χ1n) is 18.4. The zero-order chi connectivity index (χ0) is 37.3. The summed E-state index contributed by atoms with van der Waals surface area (Å²) >= 11 is 0. The Morgan fingerprint density at radius 1 is 0.268 bits per heavy atom. The van der Waals surface area contributed by atoms with Crippen LogP contribution < -0.4 is 0 Å². The van der Waals surface area contributed by atoms with Crippen LogP contribution in [0.3, 0.4) is 0 Å². The Morgan fingerprint density at radius 3 is 1.29 bits per heavy atom. The van der Waals surface area contributed by atoms with Crippen LogP contribution in [0.5, 0.6) is 0 Å². The Labute approximate surface area is 323 Å². The van der Waals surface area contributed by atoms with Crippen molar-refractivity contribution >= 4 is 21.8 Å². The van der Waals surface area contributed by atoms with Crippen LogP contribution >= 0.6 is 0 Å². The second-order valence-electron chi connectivity index (χ2n) is 13.4. The predicted molar refractivity (Wildman–Crippen MR) is 224 cm³/mol. The molecule has 4 aromatic heterocycles. The van der Waals surface area contributed by atoms with E-state index in [0.29, 0.717) is 28.9 Å². The van der Waals surface area contributed by atoms with Crippen LogP contribution in [0, 0.1) is 0 Å². The SMILES string of the molecule is c1ccc(-c2nc(-c3ccc(-c4ccc5ccccc5c4)cc3)nc(-c3ccc(-c4ccc5nc(-c6ccccn6)c(-c6ccccn6)nc5c4)cc3)n2)cc1. The lowest BCUT2D eigenvalue weighted by Crippen LogP contribution is -2.00. The normalized spacial score (nSPS) is 11.2. The number of aromatic nitrogens is 7. The summed E-state index contributed by atoms with van der Waals surface area (Å²) < 4.78 is 0. The number of hydrogen-bond donors (Lipinski definition) is 0. The van der Waals surface area contributed by atoms with E-state index in [1.807, 2.05) is 72.8 Å². The molecule has 10 rings (SSSR count). The molecular weight excluding hydrogens is 687 g/mol. The van der Waals surface area contributed by atoms with E-state index in [9.17, 15) is 0 Å². The molecule has 4 heterocycles. The monoisotopic (exact) mass is 717 g/mol. The Bertz CT molecular complexity index is 2990. The van der Waals surface area contributed by atoms with Crippen LogP contribution in [-0.2, 0) is 0 Å². The highest BCUT2D eigenvalue weighted by molar-refractivity contribution is 5.89. The molecule has 6 aromatic carbocycles. The topological polar surface area (TPSA) is 90.2 Å². The number of rotatable bonds is 7. The second kappa shape index (κ2) is 14.2. The van der Waals surface area contributed by atoms with E-state index in [0.717, 1.165) is 61.4 Å². The highest BCUT2D eigenvalue weighted by Gasteiger charge is 2.17. The third-order valence-corrected chi connectivity index (χ3v) is 9.85. The van der Waals surface area contributed by atoms with E-state index in [1.54, 1.807) is 12.4 Å². The van der Waals surface area contributed by atoms with Gasteiger partial charge in [-0.3, -0.25) is 9.97 Å². The van der Waals surface area contributed by atoms with Gasteiger partial charge in [-0.1, -0.05) is 133 Å². The van der Waals surface area contributed by atoms with E-state index in [1.165, 1.54) is 10.8 Å². The molecule has 7 nitrogen and oxygen atoms in total. The molecule has 56 heavy (non-hydrogen) atoms. The molecule has 0 fully saturated rings. The van der Waals surface area contributed by atoms with Crippen LogP contribution in [0.4, 0.5) is 0 Å². The van der Waals surface area contributed by atoms with Crippen LogP contribution in [0.25, 0.3) is 101 Å². The third kappa shape index (κ3) is 6.44. The first-order valence-corrected chi connectivity index (χ1v) is 18.4. The van der Waals surface area contributed by atoms with Gasteiger partial charge >= 0.3 is 0 Å². The molecular formula is C49H31N7. The zero-order valence-electron chi connectivity index (χ0n) is 30.0. The lowest BCUT2D eigenvalue weighted by Gasteiger charge is -2.11. The number of fused-ring (bicyclic) bond motifs is 2. The molecule has 0 saturated heterocycles. The largest absolute Gasteiger partial charge is 0.255 e. The molecule has 0 aliphatic heterocycles. The van der Waals surface area contributed by atoms with E-state index < -0.39 is 0 Å². The van der Waals surface area contributed by atoms with Crippen molar-refractivity contribution in [2.45, 2.75) is 0 Å². The summed E-state index contributed by atoms with van der Waals surface area (Å²) in [7, 11) is 0. The lowest BCUT2D eigenvalue weighted by atomic mass is 10.00. The van der Waals surface area contributed by atoms with Gasteiger partial charge in [-0.15, -0.1) is 0 Å². The zero-order valence-corrected chi connectivity index (χ0v) is 30.0. The average Bonchev–Trinajstić information content (AvgIpc) is 3.29. The van der Waals surface area contributed by atoms with Crippen LogP contribution in [0.2, 0.25) is 0 Å². The first kappa shape index (κ1) is 32.8. The van der Waals surface area contributed by atoms with Crippen LogP contribution in [0.1, 0.15) is 0 Å². The number of pyridine rings is 2. The summed E-state index contributed by atoms with van der Waals surface area (Å²) in [5.41, 5.74) is 11.5. The number of benzene rings is 6. The van der Waals surface area contributed by atoms with Crippen molar-refractivity contribution in [1.82, 2.24) is 34.9 Å². The molecule has 0 aliphatic carbocycles. The first-order chi connectivity index (χ1) is 27.7. The minimum atomic E-state index is 0.602. The molecule has 0 unspecified atom stereocenters. The summed E-state index contributed by atoms with van der Waals surface area (Å²) in [6.07, 6.45) is 3.53. The molecule has 10 aromatic rings. The lowest BCUT2D eigenvalue weighted by molar-refractivity contribution is 1.07. The van der Waals surface area contributed by atoms with E-state index >= 15 is 0 Å². The number of hydrogen-bond acceptors (Lipinski definition) is 7. The van der Waals surface area contributed by atoms with Crippen molar-refractivity contribution in [2.75, 3.05) is 0 Å². The average molecular weight is 718 g/mol. The van der Waals surface area contributed by atoms with Gasteiger partial charge in [0, 0.05) is 29.1 Å². The highest BCUT2D eigenvalue weighted by atomic mass is 15.0. The number of nitrogens with zero attached hydrogens (tertiary/aromatic N) is 7. The van der Waals surface area contributed by atoms with Crippen LogP contribution in [-0.4, -0.2) is 34.9 Å². The molecule has 0 radical (unpaired) electrons. The summed E-state index contributed by atoms with van der Waals surface area (Å²) in [4.78, 5) is 34.2. The van der Waals surface area contributed by atoms with Gasteiger partial charge in [0.15, 0.2) is 17.5 Å². The van der Waals surface area contributed by atoms with Gasteiger partial charge in [0.1, 0.15) is 11.4 Å². The summed E-state index contributed by atoms with van der Waals surface area (Å²) in [5, 5.41) is 2.44. The van der Waals surface area contributed by atoms with E-state index in [2.05, 4.69) is 113 Å². The van der Waals surface area contributed by atoms with Crippen molar-refractivity contribution in [3.05, 3.63) is 188 Å². The van der Waals surface area contributed by atoms with Crippen LogP contribution in [0.15, 0.2) is 188 Å². The van der Waals surface area contributed by atoms with Gasteiger partial charge in [0.25, 0.3) is 0 Å². The van der Waals surface area contributed by atoms with Crippen molar-refractivity contribution in [1.29, 1.82) is 0 Å². The summed E-state index contributed by atoms with van der Waals surface area (Å²) in [5.74, 6) is 1.84. The van der Waals surface area contributed by atoms with Gasteiger partial charge in [-0.05, 0) is 75.5 Å². The fourth-order valence-electron chi connectivity index (χ4n) is 6.94. The van der Waals surface area contributed by atoms with Crippen molar-refractivity contribution in [2.24, 2.45) is 0 Å². The van der Waals surface area contributed by atoms with Gasteiger partial charge in [0.2, 0.25) is 0 Å². The van der Waals surface area contributed by atoms with Gasteiger partial charge in [-0.2, -0.15) is 0 Å². The smallest absolute Gasteiger partial charge is 0.164 e. The van der Waals surface area contributed by atoms with E-state index in [4.69, 9.17) is 24.9 Å². The fourth-order valence-corrected chi connectivity index (χ4v) is 6.94. The van der Waals surface area contributed by atoms with Gasteiger partial charge in [-0.25, -0.2) is 24.9 Å². The molecule has 0 atom stereocenters. The molecule has 262 valence electrons.